The highest BCUT2D eigenvalue weighted by Gasteiger charge is 2.20. The van der Waals surface area contributed by atoms with Crippen molar-refractivity contribution in [2.75, 3.05) is 0 Å². The molecule has 0 aliphatic carbocycles. The summed E-state index contributed by atoms with van der Waals surface area (Å²) in [6, 6.07) is 7.97. The van der Waals surface area contributed by atoms with Crippen LogP contribution in [0.3, 0.4) is 0 Å². The van der Waals surface area contributed by atoms with Crippen LogP contribution in [0.15, 0.2) is 18.2 Å². The van der Waals surface area contributed by atoms with Crippen molar-refractivity contribution in [2.45, 2.75) is 39.5 Å². The third-order valence-electron chi connectivity index (χ3n) is 2.68. The van der Waals surface area contributed by atoms with Crippen molar-refractivity contribution in [3.63, 3.8) is 0 Å². The maximum atomic E-state index is 11.8. The first-order valence-electron chi connectivity index (χ1n) is 5.59. The van der Waals surface area contributed by atoms with Crippen LogP contribution in [-0.2, 0) is 4.79 Å². The van der Waals surface area contributed by atoms with E-state index in [0.717, 1.165) is 23.1 Å². The number of ketones is 1. The van der Waals surface area contributed by atoms with Gasteiger partial charge in [-0.3, -0.25) is 4.79 Å². The van der Waals surface area contributed by atoms with Crippen LogP contribution in [0.1, 0.15) is 42.4 Å². The minimum Gasteiger partial charge on any atom is -0.298 e. The van der Waals surface area contributed by atoms with Crippen molar-refractivity contribution in [2.24, 2.45) is 0 Å². The van der Waals surface area contributed by atoms with Gasteiger partial charge >= 0.3 is 0 Å². The van der Waals surface area contributed by atoms with E-state index in [0.29, 0.717) is 6.42 Å². The summed E-state index contributed by atoms with van der Waals surface area (Å²) < 4.78 is 0. The van der Waals surface area contributed by atoms with Crippen molar-refractivity contribution in [1.82, 2.24) is 0 Å². The summed E-state index contributed by atoms with van der Waals surface area (Å²) in [5, 5.41) is 9.10. The number of benzene rings is 1. The predicted molar refractivity (Wildman–Crippen MR) is 64.2 cm³/mol. The molecule has 0 N–H and O–H groups in total. The van der Waals surface area contributed by atoms with E-state index in [-0.39, 0.29) is 5.78 Å². The second-order valence-electron chi connectivity index (χ2n) is 4.14. The minimum atomic E-state index is -0.597. The Balaban J connectivity index is 3.05. The van der Waals surface area contributed by atoms with Crippen molar-refractivity contribution < 1.29 is 4.79 Å². The molecule has 0 aromatic heterocycles. The Morgan fingerprint density at radius 3 is 2.62 bits per heavy atom. The second kappa shape index (κ2) is 5.46. The second-order valence-corrected chi connectivity index (χ2v) is 4.14. The van der Waals surface area contributed by atoms with Gasteiger partial charge in [0.2, 0.25) is 0 Å². The first kappa shape index (κ1) is 12.4. The van der Waals surface area contributed by atoms with E-state index in [4.69, 9.17) is 5.26 Å². The van der Waals surface area contributed by atoms with Gasteiger partial charge in [0, 0.05) is 6.42 Å². The summed E-state index contributed by atoms with van der Waals surface area (Å²) in [4.78, 5) is 11.8. The first-order valence-corrected chi connectivity index (χ1v) is 5.59. The fourth-order valence-electron chi connectivity index (χ4n) is 1.86. The van der Waals surface area contributed by atoms with Crippen LogP contribution in [0.5, 0.6) is 0 Å². The molecular formula is C14H17NO. The van der Waals surface area contributed by atoms with Gasteiger partial charge in [0.25, 0.3) is 0 Å². The van der Waals surface area contributed by atoms with Crippen molar-refractivity contribution in [3.8, 4) is 6.07 Å². The van der Waals surface area contributed by atoms with Crippen LogP contribution in [0.2, 0.25) is 0 Å². The van der Waals surface area contributed by atoms with Gasteiger partial charge < -0.3 is 0 Å². The number of nitriles is 1. The fraction of sp³-hybridized carbons (Fsp3) is 0.429. The quantitative estimate of drug-likeness (QED) is 0.773. The van der Waals surface area contributed by atoms with Gasteiger partial charge in [-0.05, 0) is 31.4 Å². The van der Waals surface area contributed by atoms with Crippen LogP contribution in [-0.4, -0.2) is 5.78 Å². The lowest BCUT2D eigenvalue weighted by Crippen LogP contribution is -2.11. The molecule has 0 fully saturated rings. The molecule has 1 aromatic carbocycles. The largest absolute Gasteiger partial charge is 0.298 e. The summed E-state index contributed by atoms with van der Waals surface area (Å²) in [6.07, 6.45) is 1.27. The Morgan fingerprint density at radius 2 is 2.12 bits per heavy atom. The van der Waals surface area contributed by atoms with E-state index < -0.39 is 5.92 Å². The summed E-state index contributed by atoms with van der Waals surface area (Å²) >= 11 is 0. The van der Waals surface area contributed by atoms with Gasteiger partial charge in [-0.15, -0.1) is 0 Å². The van der Waals surface area contributed by atoms with Crippen LogP contribution in [0.25, 0.3) is 0 Å². The molecule has 16 heavy (non-hydrogen) atoms. The van der Waals surface area contributed by atoms with Crippen LogP contribution in [0.4, 0.5) is 0 Å². The van der Waals surface area contributed by atoms with Gasteiger partial charge in [-0.1, -0.05) is 30.7 Å². The lowest BCUT2D eigenvalue weighted by atomic mass is 9.90. The molecule has 2 heteroatoms. The molecule has 0 heterocycles. The van der Waals surface area contributed by atoms with Gasteiger partial charge in [0.15, 0.2) is 5.78 Å². The number of carbonyl (C=O) groups is 1. The highest BCUT2D eigenvalue weighted by atomic mass is 16.1. The van der Waals surface area contributed by atoms with Crippen molar-refractivity contribution in [1.29, 1.82) is 5.26 Å². The highest BCUT2D eigenvalue weighted by molar-refractivity contribution is 5.88. The summed E-state index contributed by atoms with van der Waals surface area (Å²) in [5.41, 5.74) is 3.03. The third kappa shape index (κ3) is 2.70. The lowest BCUT2D eigenvalue weighted by Gasteiger charge is -2.11. The molecule has 0 bridgehead atoms. The lowest BCUT2D eigenvalue weighted by molar-refractivity contribution is -0.119. The molecule has 1 aromatic rings. The van der Waals surface area contributed by atoms with Gasteiger partial charge in [-0.2, -0.15) is 5.26 Å². The average Bonchev–Trinajstić information content (AvgIpc) is 2.22. The van der Waals surface area contributed by atoms with Crippen molar-refractivity contribution in [3.05, 3.63) is 34.9 Å². The Kier molecular flexibility index (Phi) is 4.25. The van der Waals surface area contributed by atoms with Gasteiger partial charge in [-0.25, -0.2) is 0 Å². The molecule has 0 saturated carbocycles. The molecule has 0 aliphatic heterocycles. The standard InChI is InChI=1S/C14H17NO/c1-4-5-14(16)13(9-15)12-7-6-10(2)8-11(12)3/h6-8,13H,4-5H2,1-3H3. The Hall–Kier alpha value is -1.62. The number of carbonyl (C=O) groups excluding carboxylic acids is 1. The zero-order valence-electron chi connectivity index (χ0n) is 10.1. The zero-order chi connectivity index (χ0) is 12.1. The number of Topliss-reactive ketones (excluding diaryl/α,β-unsaturated/α-hetero) is 1. The number of hydrogen-bond donors (Lipinski definition) is 0. The highest BCUT2D eigenvalue weighted by Crippen LogP contribution is 2.22. The smallest absolute Gasteiger partial charge is 0.154 e. The number of aryl methyl sites for hydroxylation is 2. The molecule has 0 spiro atoms. The molecule has 0 amide bonds. The fourth-order valence-corrected chi connectivity index (χ4v) is 1.86. The Bertz CT molecular complexity index is 429. The van der Waals surface area contributed by atoms with E-state index in [1.165, 1.54) is 0 Å². The number of rotatable bonds is 4. The van der Waals surface area contributed by atoms with E-state index in [1.54, 1.807) is 0 Å². The monoisotopic (exact) mass is 215 g/mol. The van der Waals surface area contributed by atoms with Gasteiger partial charge in [0.1, 0.15) is 5.92 Å². The Morgan fingerprint density at radius 1 is 1.44 bits per heavy atom. The summed E-state index contributed by atoms with van der Waals surface area (Å²) in [7, 11) is 0. The van der Waals surface area contributed by atoms with Crippen LogP contribution >= 0.6 is 0 Å². The van der Waals surface area contributed by atoms with Crippen molar-refractivity contribution >= 4 is 5.78 Å². The molecule has 0 radical (unpaired) electrons. The number of hydrogen-bond acceptors (Lipinski definition) is 2. The topological polar surface area (TPSA) is 40.9 Å². The van der Waals surface area contributed by atoms with E-state index >= 15 is 0 Å². The van der Waals surface area contributed by atoms with Crippen LogP contribution < -0.4 is 0 Å². The average molecular weight is 215 g/mol. The number of nitrogens with zero attached hydrogens (tertiary/aromatic N) is 1. The Labute approximate surface area is 96.9 Å². The molecule has 1 unspecified atom stereocenters. The maximum Gasteiger partial charge on any atom is 0.154 e. The molecule has 1 rings (SSSR count). The first-order chi connectivity index (χ1) is 7.60. The van der Waals surface area contributed by atoms with Gasteiger partial charge in [0.05, 0.1) is 6.07 Å². The summed E-state index contributed by atoms with van der Waals surface area (Å²) in [6.45, 7) is 5.91. The van der Waals surface area contributed by atoms with E-state index in [2.05, 4.69) is 6.07 Å². The van der Waals surface area contributed by atoms with Crippen LogP contribution in [0, 0.1) is 25.2 Å². The molecule has 84 valence electrons. The molecule has 2 nitrogen and oxygen atoms in total. The molecule has 1 atom stereocenters. The SMILES string of the molecule is CCCC(=O)C(C#N)c1ccc(C)cc1C. The predicted octanol–water partition coefficient (Wildman–Crippen LogP) is 3.28. The minimum absolute atomic E-state index is 0.0250. The third-order valence-corrected chi connectivity index (χ3v) is 2.68. The normalized spacial score (nSPS) is 11.9. The molecule has 0 saturated heterocycles. The molecular weight excluding hydrogens is 198 g/mol. The zero-order valence-corrected chi connectivity index (χ0v) is 10.1. The van der Waals surface area contributed by atoms with E-state index in [9.17, 15) is 4.79 Å². The maximum absolute atomic E-state index is 11.8. The summed E-state index contributed by atoms with van der Waals surface area (Å²) in [5.74, 6) is -0.572. The molecule has 0 aliphatic rings. The van der Waals surface area contributed by atoms with E-state index in [1.807, 2.05) is 39.0 Å².